The summed E-state index contributed by atoms with van der Waals surface area (Å²) in [6, 6.07) is 7.06. The number of nitrogens with one attached hydrogen (secondary N) is 1. The molecule has 0 saturated heterocycles. The normalized spacial score (nSPS) is 10.4. The highest BCUT2D eigenvalue weighted by molar-refractivity contribution is 6.32. The third kappa shape index (κ3) is 4.33. The number of imidazole rings is 1. The van der Waals surface area contributed by atoms with E-state index in [0.717, 1.165) is 4.57 Å². The molecule has 1 N–H and O–H groups in total. The average Bonchev–Trinajstić information content (AvgIpc) is 3.12. The molecule has 1 aromatic carbocycles. The van der Waals surface area contributed by atoms with Gasteiger partial charge in [-0.1, -0.05) is 35.6 Å². The second-order valence-corrected chi connectivity index (χ2v) is 6.51. The van der Waals surface area contributed by atoms with Crippen LogP contribution in [0.15, 0.2) is 40.2 Å². The summed E-state index contributed by atoms with van der Waals surface area (Å²) in [5, 5.41) is 3.13. The summed E-state index contributed by atoms with van der Waals surface area (Å²) in [7, 11) is 2.89. The number of aromatic nitrogens is 4. The molecule has 1 amide bonds. The number of benzene rings is 1. The van der Waals surface area contributed by atoms with Gasteiger partial charge in [0.05, 0.1) is 17.9 Å². The number of ether oxygens (including phenoxy) is 1. The topological polar surface area (TPSA) is 100 Å². The molecule has 3 rings (SSSR count). The predicted octanol–water partition coefficient (Wildman–Crippen LogP) is 0.286. The molecule has 150 valence electrons. The Morgan fingerprint density at radius 2 is 1.97 bits per heavy atom. The maximum atomic E-state index is 12.3. The number of hydrogen-bond acceptors (Lipinski definition) is 5. The first-order valence-corrected chi connectivity index (χ1v) is 8.98. The Kier molecular flexibility index (Phi) is 6.04. The van der Waals surface area contributed by atoms with Crippen molar-refractivity contribution in [3.05, 3.63) is 56.5 Å². The van der Waals surface area contributed by atoms with Crippen LogP contribution in [-0.2, 0) is 25.4 Å². The molecule has 0 saturated carbocycles. The summed E-state index contributed by atoms with van der Waals surface area (Å²) in [5.41, 5.74) is -0.581. The minimum Gasteiger partial charge on any atom is -0.479 e. The smallest absolute Gasteiger partial charge is 0.332 e. The van der Waals surface area contributed by atoms with Crippen LogP contribution in [0.1, 0.15) is 0 Å². The van der Waals surface area contributed by atoms with Crippen LogP contribution in [0.4, 0.5) is 0 Å². The summed E-state index contributed by atoms with van der Waals surface area (Å²) >= 11 is 5.97. The number of hydrogen-bond donors (Lipinski definition) is 1. The van der Waals surface area contributed by atoms with Gasteiger partial charge in [-0.05, 0) is 12.1 Å². The lowest BCUT2D eigenvalue weighted by Crippen LogP contribution is -2.38. The van der Waals surface area contributed by atoms with Crippen molar-refractivity contribution in [2.75, 3.05) is 13.2 Å². The molecule has 0 spiro atoms. The van der Waals surface area contributed by atoms with Crippen molar-refractivity contribution < 1.29 is 9.53 Å². The first-order valence-electron chi connectivity index (χ1n) is 8.60. The number of carbonyl (C=O) groups excluding carboxylic acids is 1. The number of halogens is 1. The van der Waals surface area contributed by atoms with Gasteiger partial charge in [-0.3, -0.25) is 18.7 Å². The van der Waals surface area contributed by atoms with Gasteiger partial charge in [0.25, 0.3) is 5.56 Å². The number of carbonyl (C=O) groups is 1. The molecule has 3 aromatic rings. The van der Waals surface area contributed by atoms with Crippen LogP contribution in [0, 0.1) is 11.8 Å². The highest BCUT2D eigenvalue weighted by atomic mass is 35.5. The van der Waals surface area contributed by atoms with Gasteiger partial charge in [0.1, 0.15) is 18.9 Å². The monoisotopic (exact) mass is 415 g/mol. The molecule has 9 nitrogen and oxygen atoms in total. The number of amides is 1. The minimum absolute atomic E-state index is 0.119. The molecule has 0 fully saturated rings. The Morgan fingerprint density at radius 3 is 2.72 bits per heavy atom. The number of aryl methyl sites for hydroxylation is 1. The van der Waals surface area contributed by atoms with Crippen LogP contribution in [-0.4, -0.2) is 37.7 Å². The average molecular weight is 416 g/mol. The molecule has 0 radical (unpaired) electrons. The van der Waals surface area contributed by atoms with Gasteiger partial charge < -0.3 is 14.6 Å². The predicted molar refractivity (Wildman–Crippen MR) is 108 cm³/mol. The second-order valence-electron chi connectivity index (χ2n) is 6.10. The summed E-state index contributed by atoms with van der Waals surface area (Å²) in [4.78, 5) is 40.5. The summed E-state index contributed by atoms with van der Waals surface area (Å²) in [6.45, 7) is 0.130. The SMILES string of the molecule is Cn1c(=O)c2c(ncn2CC(=O)NCC#CCOc2ccccc2Cl)n(C)c1=O. The number of nitrogens with zero attached hydrogens (tertiary/aromatic N) is 4. The van der Waals surface area contributed by atoms with E-state index in [1.165, 1.54) is 29.6 Å². The van der Waals surface area contributed by atoms with Crippen LogP contribution in [0.3, 0.4) is 0 Å². The maximum absolute atomic E-state index is 12.3. The largest absolute Gasteiger partial charge is 0.479 e. The Bertz CT molecular complexity index is 1250. The van der Waals surface area contributed by atoms with Crippen molar-refractivity contribution in [2.45, 2.75) is 6.54 Å². The zero-order chi connectivity index (χ0) is 21.0. The molecular weight excluding hydrogens is 398 g/mol. The van der Waals surface area contributed by atoms with Crippen LogP contribution in [0.25, 0.3) is 11.2 Å². The fraction of sp³-hybridized carbons (Fsp3) is 0.263. The highest BCUT2D eigenvalue weighted by Crippen LogP contribution is 2.22. The number of rotatable bonds is 5. The molecule has 0 unspecified atom stereocenters. The zero-order valence-electron chi connectivity index (χ0n) is 15.8. The molecule has 0 aliphatic carbocycles. The van der Waals surface area contributed by atoms with Crippen LogP contribution in [0.2, 0.25) is 5.02 Å². The summed E-state index contributed by atoms with van der Waals surface area (Å²) in [6.07, 6.45) is 1.36. The van der Waals surface area contributed by atoms with E-state index in [-0.39, 0.29) is 36.8 Å². The minimum atomic E-state index is -0.509. The first-order chi connectivity index (χ1) is 13.9. The Hall–Kier alpha value is -3.51. The fourth-order valence-corrected chi connectivity index (χ4v) is 2.85. The van der Waals surface area contributed by atoms with E-state index >= 15 is 0 Å². The van der Waals surface area contributed by atoms with Gasteiger partial charge in [0, 0.05) is 14.1 Å². The lowest BCUT2D eigenvalue weighted by atomic mass is 10.3. The van der Waals surface area contributed by atoms with Gasteiger partial charge in [-0.25, -0.2) is 9.78 Å². The Balaban J connectivity index is 1.58. The van der Waals surface area contributed by atoms with E-state index in [2.05, 4.69) is 22.1 Å². The van der Waals surface area contributed by atoms with E-state index in [9.17, 15) is 14.4 Å². The first kappa shape index (κ1) is 20.2. The van der Waals surface area contributed by atoms with Crippen molar-refractivity contribution >= 4 is 28.7 Å². The molecule has 0 aliphatic heterocycles. The van der Waals surface area contributed by atoms with Gasteiger partial charge in [-0.2, -0.15) is 0 Å². The van der Waals surface area contributed by atoms with E-state index in [1.54, 1.807) is 24.3 Å². The quantitative estimate of drug-likeness (QED) is 0.603. The molecule has 0 aliphatic rings. The second kappa shape index (κ2) is 8.67. The zero-order valence-corrected chi connectivity index (χ0v) is 16.6. The molecular formula is C19H18ClN5O4. The van der Waals surface area contributed by atoms with E-state index in [4.69, 9.17) is 16.3 Å². The number of fused-ring (bicyclic) bond motifs is 1. The van der Waals surface area contributed by atoms with E-state index in [0.29, 0.717) is 10.8 Å². The van der Waals surface area contributed by atoms with Crippen LogP contribution < -0.4 is 21.3 Å². The fourth-order valence-electron chi connectivity index (χ4n) is 2.66. The standard InChI is InChI=1S/C19H18ClN5O4/c1-23-17-16(18(27)24(2)19(23)28)25(12-22-17)11-15(26)21-9-5-6-10-29-14-8-4-3-7-13(14)20/h3-4,7-8,12H,9-11H2,1-2H3,(H,21,26). The Morgan fingerprint density at radius 1 is 1.21 bits per heavy atom. The van der Waals surface area contributed by atoms with Gasteiger partial charge in [-0.15, -0.1) is 0 Å². The van der Waals surface area contributed by atoms with E-state index < -0.39 is 11.2 Å². The molecule has 29 heavy (non-hydrogen) atoms. The van der Waals surface area contributed by atoms with Crippen molar-refractivity contribution in [3.63, 3.8) is 0 Å². The number of para-hydroxylation sites is 1. The van der Waals surface area contributed by atoms with Crippen molar-refractivity contribution in [1.29, 1.82) is 0 Å². The molecule has 0 bridgehead atoms. The van der Waals surface area contributed by atoms with Crippen molar-refractivity contribution in [2.24, 2.45) is 14.1 Å². The van der Waals surface area contributed by atoms with Gasteiger partial charge >= 0.3 is 5.69 Å². The summed E-state index contributed by atoms with van der Waals surface area (Å²) in [5.74, 6) is 5.74. The highest BCUT2D eigenvalue weighted by Gasteiger charge is 2.15. The maximum Gasteiger partial charge on any atom is 0.332 e. The van der Waals surface area contributed by atoms with Crippen LogP contribution >= 0.6 is 11.6 Å². The molecule has 2 aromatic heterocycles. The molecule has 10 heteroatoms. The van der Waals surface area contributed by atoms with Crippen LogP contribution in [0.5, 0.6) is 5.75 Å². The molecule has 2 heterocycles. The molecule has 0 atom stereocenters. The summed E-state index contributed by atoms with van der Waals surface area (Å²) < 4.78 is 9.06. The lowest BCUT2D eigenvalue weighted by Gasteiger charge is -2.06. The van der Waals surface area contributed by atoms with Gasteiger partial charge in [0.15, 0.2) is 11.2 Å². The lowest BCUT2D eigenvalue weighted by molar-refractivity contribution is -0.121. The third-order valence-corrected chi connectivity index (χ3v) is 4.48. The third-order valence-electron chi connectivity index (χ3n) is 4.17. The Labute approximate surface area is 170 Å². The van der Waals surface area contributed by atoms with Crippen molar-refractivity contribution in [1.82, 2.24) is 24.0 Å². The van der Waals surface area contributed by atoms with Crippen molar-refractivity contribution in [3.8, 4) is 17.6 Å². The van der Waals surface area contributed by atoms with E-state index in [1.807, 2.05) is 0 Å². The van der Waals surface area contributed by atoms with Gasteiger partial charge in [0.2, 0.25) is 5.91 Å².